The molecule has 1 aromatic rings. The lowest BCUT2D eigenvalue weighted by atomic mass is 9.81. The van der Waals surface area contributed by atoms with E-state index in [1.165, 1.54) is 11.3 Å². The number of carbonyl (C=O) groups is 1. The van der Waals surface area contributed by atoms with Crippen LogP contribution in [0.1, 0.15) is 52.5 Å². The predicted molar refractivity (Wildman–Crippen MR) is 102 cm³/mol. The Labute approximate surface area is 151 Å². The summed E-state index contributed by atoms with van der Waals surface area (Å²) in [5.41, 5.74) is 2.95. The van der Waals surface area contributed by atoms with Crippen LogP contribution in [0.3, 0.4) is 0 Å². The van der Waals surface area contributed by atoms with Gasteiger partial charge >= 0.3 is 5.97 Å². The van der Waals surface area contributed by atoms with Crippen LogP contribution < -0.4 is 4.90 Å². The fourth-order valence-electron chi connectivity index (χ4n) is 3.26. The second-order valence-electron chi connectivity index (χ2n) is 6.84. The Balaban J connectivity index is 0.00000242. The van der Waals surface area contributed by atoms with E-state index in [1.54, 1.807) is 6.92 Å². The lowest BCUT2D eigenvalue weighted by Crippen LogP contribution is -2.39. The molecule has 0 aromatic heterocycles. The van der Waals surface area contributed by atoms with E-state index in [0.717, 1.165) is 25.8 Å². The van der Waals surface area contributed by atoms with Gasteiger partial charge in [-0.25, -0.2) is 0 Å². The topological polar surface area (TPSA) is 40.5 Å². The molecule has 0 saturated heterocycles. The molecule has 22 heavy (non-hydrogen) atoms. The SMILES string of the molecule is CC(CCCCN1c2ccccc2C(C)(C)C1C)C(=O)O.I. The van der Waals surface area contributed by atoms with Gasteiger partial charge in [-0.1, -0.05) is 45.4 Å². The summed E-state index contributed by atoms with van der Waals surface area (Å²) in [5.74, 6) is -0.916. The highest BCUT2D eigenvalue weighted by atomic mass is 127. The number of benzene rings is 1. The van der Waals surface area contributed by atoms with Gasteiger partial charge in [0.1, 0.15) is 0 Å². The third kappa shape index (κ3) is 3.76. The average Bonchev–Trinajstić information content (AvgIpc) is 2.64. The molecule has 4 heteroatoms. The van der Waals surface area contributed by atoms with Gasteiger partial charge in [0.05, 0.1) is 5.92 Å². The molecule has 0 saturated carbocycles. The van der Waals surface area contributed by atoms with Gasteiger partial charge in [0.2, 0.25) is 0 Å². The van der Waals surface area contributed by atoms with E-state index in [4.69, 9.17) is 5.11 Å². The highest BCUT2D eigenvalue weighted by molar-refractivity contribution is 14.0. The predicted octanol–water partition coefficient (Wildman–Crippen LogP) is 4.68. The number of anilines is 1. The molecular formula is C18H28INO2. The normalized spacial score (nSPS) is 20.2. The van der Waals surface area contributed by atoms with E-state index in [1.807, 2.05) is 0 Å². The second kappa shape index (κ2) is 7.66. The average molecular weight is 417 g/mol. The van der Waals surface area contributed by atoms with Gasteiger partial charge in [0.15, 0.2) is 0 Å². The maximum atomic E-state index is 10.8. The number of aliphatic carboxylic acids is 1. The van der Waals surface area contributed by atoms with E-state index in [-0.39, 0.29) is 35.3 Å². The summed E-state index contributed by atoms with van der Waals surface area (Å²) in [6.45, 7) is 9.71. The van der Waals surface area contributed by atoms with Crippen molar-refractivity contribution in [2.75, 3.05) is 11.4 Å². The van der Waals surface area contributed by atoms with Crippen molar-refractivity contribution in [1.82, 2.24) is 0 Å². The molecule has 3 nitrogen and oxygen atoms in total. The fourth-order valence-corrected chi connectivity index (χ4v) is 3.26. The minimum atomic E-state index is -0.684. The maximum Gasteiger partial charge on any atom is 0.306 e. The van der Waals surface area contributed by atoms with Crippen molar-refractivity contribution < 1.29 is 9.90 Å². The molecule has 0 fully saturated rings. The number of fused-ring (bicyclic) bond motifs is 1. The third-order valence-corrected chi connectivity index (χ3v) is 5.13. The molecule has 2 rings (SSSR count). The Hall–Kier alpha value is -0.780. The molecule has 0 bridgehead atoms. The van der Waals surface area contributed by atoms with Gasteiger partial charge in [-0.05, 0) is 31.4 Å². The minimum absolute atomic E-state index is 0. The molecule has 2 unspecified atom stereocenters. The summed E-state index contributed by atoms with van der Waals surface area (Å²) in [6.07, 6.45) is 2.79. The standard InChI is InChI=1S/C18H27NO2.HI/c1-13(17(20)21)9-7-8-12-19-14(2)18(3,4)15-10-5-6-11-16(15)19;/h5-6,10-11,13-14H,7-9,12H2,1-4H3,(H,20,21);1H. The van der Waals surface area contributed by atoms with Crippen LogP contribution in [0.25, 0.3) is 0 Å². The van der Waals surface area contributed by atoms with Crippen molar-refractivity contribution in [3.63, 3.8) is 0 Å². The molecule has 1 aliphatic heterocycles. The molecule has 1 heterocycles. The summed E-state index contributed by atoms with van der Waals surface area (Å²) in [7, 11) is 0. The number of hydrogen-bond acceptors (Lipinski definition) is 2. The second-order valence-corrected chi connectivity index (χ2v) is 6.84. The summed E-state index contributed by atoms with van der Waals surface area (Å²) in [6, 6.07) is 9.14. The first-order valence-electron chi connectivity index (χ1n) is 7.94. The van der Waals surface area contributed by atoms with Crippen molar-refractivity contribution in [3.8, 4) is 0 Å². The van der Waals surface area contributed by atoms with E-state index >= 15 is 0 Å². The summed E-state index contributed by atoms with van der Waals surface area (Å²) >= 11 is 0. The van der Waals surface area contributed by atoms with Crippen LogP contribution in [-0.2, 0) is 10.2 Å². The van der Waals surface area contributed by atoms with Gasteiger partial charge in [-0.2, -0.15) is 0 Å². The lowest BCUT2D eigenvalue weighted by molar-refractivity contribution is -0.141. The zero-order valence-electron chi connectivity index (χ0n) is 14.0. The van der Waals surface area contributed by atoms with E-state index in [0.29, 0.717) is 6.04 Å². The van der Waals surface area contributed by atoms with Gasteiger partial charge in [0.25, 0.3) is 0 Å². The molecule has 1 aromatic carbocycles. The Morgan fingerprint density at radius 1 is 1.32 bits per heavy atom. The number of nitrogens with zero attached hydrogens (tertiary/aromatic N) is 1. The van der Waals surface area contributed by atoms with Crippen LogP contribution in [0.5, 0.6) is 0 Å². The molecule has 0 aliphatic carbocycles. The molecule has 1 N–H and O–H groups in total. The summed E-state index contributed by atoms with van der Waals surface area (Å²) in [5, 5.41) is 8.92. The number of unbranched alkanes of at least 4 members (excludes halogenated alkanes) is 1. The monoisotopic (exact) mass is 417 g/mol. The van der Waals surface area contributed by atoms with Gasteiger partial charge in [0, 0.05) is 23.7 Å². The van der Waals surface area contributed by atoms with E-state index in [2.05, 4.69) is 49.9 Å². The van der Waals surface area contributed by atoms with E-state index < -0.39 is 5.97 Å². The molecule has 0 amide bonds. The van der Waals surface area contributed by atoms with Gasteiger partial charge in [-0.3, -0.25) is 4.79 Å². The van der Waals surface area contributed by atoms with Crippen molar-refractivity contribution in [1.29, 1.82) is 0 Å². The van der Waals surface area contributed by atoms with Crippen molar-refractivity contribution in [2.45, 2.75) is 58.4 Å². The largest absolute Gasteiger partial charge is 0.481 e. The highest BCUT2D eigenvalue weighted by Gasteiger charge is 2.40. The number of rotatable bonds is 6. The van der Waals surface area contributed by atoms with Crippen LogP contribution in [0.2, 0.25) is 0 Å². The zero-order valence-corrected chi connectivity index (χ0v) is 16.3. The van der Waals surface area contributed by atoms with Crippen molar-refractivity contribution >= 4 is 35.6 Å². The molecular weight excluding hydrogens is 389 g/mol. The molecule has 124 valence electrons. The van der Waals surface area contributed by atoms with Gasteiger partial charge < -0.3 is 10.0 Å². The van der Waals surface area contributed by atoms with Crippen LogP contribution in [0, 0.1) is 5.92 Å². The Kier molecular flexibility index (Phi) is 6.71. The fraction of sp³-hybridized carbons (Fsp3) is 0.611. The Morgan fingerprint density at radius 3 is 2.59 bits per heavy atom. The number of carboxylic acids is 1. The molecule has 0 spiro atoms. The smallest absolute Gasteiger partial charge is 0.306 e. The lowest BCUT2D eigenvalue weighted by Gasteiger charge is -2.31. The van der Waals surface area contributed by atoms with Crippen LogP contribution in [-0.4, -0.2) is 23.7 Å². The first-order valence-corrected chi connectivity index (χ1v) is 7.94. The minimum Gasteiger partial charge on any atom is -0.481 e. The number of carboxylic acid groups (broad SMARTS) is 1. The van der Waals surface area contributed by atoms with Crippen molar-refractivity contribution in [3.05, 3.63) is 29.8 Å². The summed E-state index contributed by atoms with van der Waals surface area (Å²) < 4.78 is 0. The molecule has 2 atom stereocenters. The van der Waals surface area contributed by atoms with Gasteiger partial charge in [-0.15, -0.1) is 24.0 Å². The Morgan fingerprint density at radius 2 is 1.95 bits per heavy atom. The van der Waals surface area contributed by atoms with Crippen LogP contribution in [0.4, 0.5) is 5.69 Å². The van der Waals surface area contributed by atoms with E-state index in [9.17, 15) is 4.79 Å². The third-order valence-electron chi connectivity index (χ3n) is 5.13. The highest BCUT2D eigenvalue weighted by Crippen LogP contribution is 2.44. The number of hydrogen-bond donors (Lipinski definition) is 1. The number of para-hydroxylation sites is 1. The van der Waals surface area contributed by atoms with Crippen LogP contribution >= 0.6 is 24.0 Å². The zero-order chi connectivity index (χ0) is 15.6. The first kappa shape index (κ1) is 19.3. The van der Waals surface area contributed by atoms with Crippen molar-refractivity contribution in [2.24, 2.45) is 5.92 Å². The summed E-state index contributed by atoms with van der Waals surface area (Å²) in [4.78, 5) is 13.3. The first-order chi connectivity index (χ1) is 9.85. The number of halogens is 1. The quantitative estimate of drug-likeness (QED) is 0.540. The molecule has 1 aliphatic rings. The molecule has 0 radical (unpaired) electrons. The Bertz CT molecular complexity index is 516. The van der Waals surface area contributed by atoms with Crippen LogP contribution in [0.15, 0.2) is 24.3 Å². The maximum absolute atomic E-state index is 10.8.